The van der Waals surface area contributed by atoms with Crippen LogP contribution < -0.4 is 0 Å². The van der Waals surface area contributed by atoms with Crippen LogP contribution in [0.4, 0.5) is 0 Å². The van der Waals surface area contributed by atoms with Crippen molar-refractivity contribution < 1.29 is 9.32 Å². The first-order valence-corrected chi connectivity index (χ1v) is 8.54. The molecule has 2 heterocycles. The SMILES string of the molecule is CC(c1nc2ccccc2s1)N(C)C(=O)c1cc(C2CC2)on1. The minimum atomic E-state index is -0.132. The molecule has 2 aromatic heterocycles. The van der Waals surface area contributed by atoms with Gasteiger partial charge in [0.2, 0.25) is 0 Å². The van der Waals surface area contributed by atoms with Crippen molar-refractivity contribution in [1.29, 1.82) is 0 Å². The Morgan fingerprint density at radius 2 is 2.17 bits per heavy atom. The monoisotopic (exact) mass is 327 g/mol. The van der Waals surface area contributed by atoms with Crippen LogP contribution >= 0.6 is 11.3 Å². The molecule has 1 atom stereocenters. The van der Waals surface area contributed by atoms with E-state index in [0.29, 0.717) is 11.6 Å². The van der Waals surface area contributed by atoms with Gasteiger partial charge in [-0.05, 0) is 31.9 Å². The summed E-state index contributed by atoms with van der Waals surface area (Å²) in [6.45, 7) is 1.98. The highest BCUT2D eigenvalue weighted by Crippen LogP contribution is 2.40. The number of hydrogen-bond donors (Lipinski definition) is 0. The second-order valence-corrected chi connectivity index (χ2v) is 7.06. The normalized spacial score (nSPS) is 15.7. The zero-order chi connectivity index (χ0) is 16.0. The number of amides is 1. The minimum absolute atomic E-state index is 0.110. The summed E-state index contributed by atoms with van der Waals surface area (Å²) in [5, 5.41) is 4.86. The number of hydrogen-bond acceptors (Lipinski definition) is 5. The molecule has 1 amide bonds. The average Bonchev–Trinajstić information content (AvgIpc) is 3.14. The van der Waals surface area contributed by atoms with Crippen LogP contribution in [0.25, 0.3) is 10.2 Å². The fourth-order valence-electron chi connectivity index (χ4n) is 2.54. The Balaban J connectivity index is 1.56. The molecule has 0 aliphatic heterocycles. The third-order valence-electron chi connectivity index (χ3n) is 4.30. The summed E-state index contributed by atoms with van der Waals surface area (Å²) in [6, 6.07) is 9.68. The first-order valence-electron chi connectivity index (χ1n) is 7.72. The minimum Gasteiger partial charge on any atom is -0.360 e. The van der Waals surface area contributed by atoms with E-state index in [1.807, 2.05) is 31.2 Å². The molecule has 1 aromatic carbocycles. The van der Waals surface area contributed by atoms with E-state index < -0.39 is 0 Å². The lowest BCUT2D eigenvalue weighted by molar-refractivity contribution is 0.0732. The summed E-state index contributed by atoms with van der Waals surface area (Å²) in [6.07, 6.45) is 2.25. The van der Waals surface area contributed by atoms with Gasteiger partial charge in [-0.1, -0.05) is 17.3 Å². The quantitative estimate of drug-likeness (QED) is 0.727. The average molecular weight is 327 g/mol. The van der Waals surface area contributed by atoms with Gasteiger partial charge < -0.3 is 9.42 Å². The highest BCUT2D eigenvalue weighted by atomic mass is 32.1. The molecule has 118 valence electrons. The van der Waals surface area contributed by atoms with Crippen LogP contribution in [-0.2, 0) is 0 Å². The lowest BCUT2D eigenvalue weighted by Crippen LogP contribution is -2.29. The number of para-hydroxylation sites is 1. The number of aromatic nitrogens is 2. The molecule has 1 saturated carbocycles. The molecule has 1 unspecified atom stereocenters. The van der Waals surface area contributed by atoms with E-state index >= 15 is 0 Å². The van der Waals surface area contributed by atoms with Gasteiger partial charge in [0.25, 0.3) is 5.91 Å². The Kier molecular flexibility index (Phi) is 3.41. The van der Waals surface area contributed by atoms with Crippen molar-refractivity contribution in [3.05, 3.63) is 46.8 Å². The maximum atomic E-state index is 12.6. The lowest BCUT2D eigenvalue weighted by Gasteiger charge is -2.21. The molecule has 4 rings (SSSR count). The predicted molar refractivity (Wildman–Crippen MR) is 88.6 cm³/mol. The molecular weight excluding hydrogens is 310 g/mol. The maximum absolute atomic E-state index is 12.6. The van der Waals surface area contributed by atoms with E-state index in [1.54, 1.807) is 29.4 Å². The second-order valence-electron chi connectivity index (χ2n) is 6.00. The van der Waals surface area contributed by atoms with Crippen LogP contribution in [0.5, 0.6) is 0 Å². The standard InChI is InChI=1S/C17H17N3O2S/c1-10(16-18-12-5-3-4-6-15(12)23-16)20(2)17(21)13-9-14(22-19-13)11-7-8-11/h3-6,9-11H,7-8H2,1-2H3. The Bertz CT molecular complexity index is 832. The van der Waals surface area contributed by atoms with E-state index in [4.69, 9.17) is 4.52 Å². The van der Waals surface area contributed by atoms with Crippen molar-refractivity contribution in [2.45, 2.75) is 31.7 Å². The molecule has 0 spiro atoms. The van der Waals surface area contributed by atoms with Crippen molar-refractivity contribution in [1.82, 2.24) is 15.0 Å². The second kappa shape index (κ2) is 5.45. The van der Waals surface area contributed by atoms with Crippen LogP contribution in [-0.4, -0.2) is 28.0 Å². The van der Waals surface area contributed by atoms with Crippen LogP contribution in [0.2, 0.25) is 0 Å². The van der Waals surface area contributed by atoms with Crippen LogP contribution in [0, 0.1) is 0 Å². The van der Waals surface area contributed by atoms with Gasteiger partial charge in [0.05, 0.1) is 16.3 Å². The Hall–Kier alpha value is -2.21. The summed E-state index contributed by atoms with van der Waals surface area (Å²) in [5.41, 5.74) is 1.35. The Morgan fingerprint density at radius 3 is 2.91 bits per heavy atom. The maximum Gasteiger partial charge on any atom is 0.276 e. The van der Waals surface area contributed by atoms with Crippen LogP contribution in [0.1, 0.15) is 53.0 Å². The van der Waals surface area contributed by atoms with Crippen LogP contribution in [0.15, 0.2) is 34.9 Å². The van der Waals surface area contributed by atoms with Crippen molar-refractivity contribution in [2.24, 2.45) is 0 Å². The molecule has 23 heavy (non-hydrogen) atoms. The van der Waals surface area contributed by atoms with Gasteiger partial charge in [-0.25, -0.2) is 4.98 Å². The molecular formula is C17H17N3O2S. The van der Waals surface area contributed by atoms with Crippen molar-refractivity contribution >= 4 is 27.5 Å². The molecule has 5 nitrogen and oxygen atoms in total. The molecule has 1 aliphatic carbocycles. The van der Waals surface area contributed by atoms with Gasteiger partial charge in [-0.15, -0.1) is 11.3 Å². The van der Waals surface area contributed by atoms with E-state index in [0.717, 1.165) is 33.8 Å². The summed E-state index contributed by atoms with van der Waals surface area (Å²) < 4.78 is 6.41. The smallest absolute Gasteiger partial charge is 0.276 e. The molecule has 1 aliphatic rings. The summed E-state index contributed by atoms with van der Waals surface area (Å²) in [5.74, 6) is 1.15. The third-order valence-corrected chi connectivity index (χ3v) is 5.50. The lowest BCUT2D eigenvalue weighted by atomic mass is 10.2. The number of fused-ring (bicyclic) bond motifs is 1. The summed E-state index contributed by atoms with van der Waals surface area (Å²) >= 11 is 1.62. The summed E-state index contributed by atoms with van der Waals surface area (Å²) in [4.78, 5) is 18.9. The highest BCUT2D eigenvalue weighted by molar-refractivity contribution is 7.18. The topological polar surface area (TPSA) is 59.2 Å². The largest absolute Gasteiger partial charge is 0.360 e. The van der Waals surface area contributed by atoms with Gasteiger partial charge in [0.15, 0.2) is 5.69 Å². The molecule has 0 saturated heterocycles. The fraction of sp³-hybridized carbons (Fsp3) is 0.353. The number of rotatable bonds is 4. The van der Waals surface area contributed by atoms with Gasteiger partial charge in [0.1, 0.15) is 10.8 Å². The van der Waals surface area contributed by atoms with Crippen molar-refractivity contribution in [3.8, 4) is 0 Å². The molecule has 3 aromatic rings. The van der Waals surface area contributed by atoms with Crippen molar-refractivity contribution in [3.63, 3.8) is 0 Å². The first-order chi connectivity index (χ1) is 11.1. The Labute approximate surface area is 137 Å². The molecule has 1 fully saturated rings. The number of nitrogens with zero attached hydrogens (tertiary/aromatic N) is 3. The molecule has 0 bridgehead atoms. The third kappa shape index (κ3) is 2.63. The number of carbonyl (C=O) groups excluding carboxylic acids is 1. The van der Waals surface area contributed by atoms with Gasteiger partial charge in [0, 0.05) is 19.0 Å². The Morgan fingerprint density at radius 1 is 1.39 bits per heavy atom. The molecule has 6 heteroatoms. The predicted octanol–water partition coefficient (Wildman–Crippen LogP) is 3.99. The van der Waals surface area contributed by atoms with E-state index in [2.05, 4.69) is 10.1 Å². The van der Waals surface area contributed by atoms with Gasteiger partial charge in [-0.2, -0.15) is 0 Å². The summed E-state index contributed by atoms with van der Waals surface area (Å²) in [7, 11) is 1.78. The van der Waals surface area contributed by atoms with E-state index in [9.17, 15) is 4.79 Å². The van der Waals surface area contributed by atoms with Crippen LogP contribution in [0.3, 0.4) is 0 Å². The molecule has 0 N–H and O–H groups in total. The fourth-order valence-corrected chi connectivity index (χ4v) is 3.60. The molecule has 0 radical (unpaired) electrons. The zero-order valence-electron chi connectivity index (χ0n) is 13.0. The first kappa shape index (κ1) is 14.4. The number of carbonyl (C=O) groups is 1. The van der Waals surface area contributed by atoms with E-state index in [-0.39, 0.29) is 11.9 Å². The van der Waals surface area contributed by atoms with Gasteiger partial charge in [-0.3, -0.25) is 4.79 Å². The highest BCUT2D eigenvalue weighted by Gasteiger charge is 2.30. The zero-order valence-corrected chi connectivity index (χ0v) is 13.8. The number of benzene rings is 1. The number of thiazole rings is 1. The van der Waals surface area contributed by atoms with E-state index in [1.165, 1.54) is 0 Å². The van der Waals surface area contributed by atoms with Crippen molar-refractivity contribution in [2.75, 3.05) is 7.05 Å². The van der Waals surface area contributed by atoms with Gasteiger partial charge >= 0.3 is 0 Å².